The lowest BCUT2D eigenvalue weighted by Crippen LogP contribution is -2.38. The number of pyridine rings is 1. The minimum atomic E-state index is -0.521. The fourth-order valence-electron chi connectivity index (χ4n) is 3.96. The van der Waals surface area contributed by atoms with Gasteiger partial charge in [0.1, 0.15) is 0 Å². The van der Waals surface area contributed by atoms with E-state index in [4.69, 9.17) is 4.98 Å². The summed E-state index contributed by atoms with van der Waals surface area (Å²) in [5.74, 6) is 0. The molecular weight excluding hydrogens is 320 g/mol. The first-order valence-corrected chi connectivity index (χ1v) is 9.52. The molecule has 0 saturated carbocycles. The number of hydrogen-bond acceptors (Lipinski definition) is 3. The van der Waals surface area contributed by atoms with Crippen LogP contribution in [0.25, 0.3) is 22.2 Å². The van der Waals surface area contributed by atoms with Gasteiger partial charge in [-0.1, -0.05) is 42.3 Å². The topological polar surface area (TPSA) is 45.1 Å². The van der Waals surface area contributed by atoms with Gasteiger partial charge < -0.3 is 10.4 Å². The Morgan fingerprint density at radius 1 is 1.08 bits per heavy atom. The van der Waals surface area contributed by atoms with E-state index in [0.717, 1.165) is 40.7 Å². The van der Waals surface area contributed by atoms with Gasteiger partial charge in [-0.25, -0.2) is 4.98 Å². The van der Waals surface area contributed by atoms with Gasteiger partial charge >= 0.3 is 0 Å². The number of rotatable bonds is 3. The summed E-state index contributed by atoms with van der Waals surface area (Å²) in [6, 6.07) is 16.8. The molecule has 0 spiro atoms. The van der Waals surface area contributed by atoms with Crippen LogP contribution in [-0.4, -0.2) is 22.7 Å². The van der Waals surface area contributed by atoms with Crippen LogP contribution in [0.3, 0.4) is 0 Å². The van der Waals surface area contributed by atoms with Crippen molar-refractivity contribution in [2.75, 3.05) is 6.54 Å². The molecule has 134 valence electrons. The van der Waals surface area contributed by atoms with Crippen LogP contribution in [-0.2, 0) is 0 Å². The minimum Gasteiger partial charge on any atom is -0.387 e. The number of nitrogens with one attached hydrogen (secondary N) is 1. The van der Waals surface area contributed by atoms with E-state index in [2.05, 4.69) is 49.5 Å². The van der Waals surface area contributed by atoms with Crippen LogP contribution in [0.1, 0.15) is 42.1 Å². The average Bonchev–Trinajstić information content (AvgIpc) is 2.69. The maximum Gasteiger partial charge on any atom is 0.0950 e. The van der Waals surface area contributed by atoms with Crippen molar-refractivity contribution in [1.82, 2.24) is 10.3 Å². The van der Waals surface area contributed by atoms with Crippen molar-refractivity contribution in [3.63, 3.8) is 0 Å². The third kappa shape index (κ3) is 3.25. The summed E-state index contributed by atoms with van der Waals surface area (Å²) in [5, 5.41) is 15.7. The fraction of sp³-hybridized carbons (Fsp3) is 0.348. The normalized spacial score (nSPS) is 18.8. The maximum absolute atomic E-state index is 11.1. The standard InChI is InChI=1S/C23H26N2O/c1-15-10-11-16(2)18(13-15)22-14-19(17-7-3-4-8-20(17)25-22)23(26)21-9-5-6-12-24-21/h3-4,7-8,10-11,13-14,21,23-24,26H,5-6,9,12H2,1-2H3. The number of nitrogens with zero attached hydrogens (tertiary/aromatic N) is 1. The first-order chi connectivity index (χ1) is 12.6. The first-order valence-electron chi connectivity index (χ1n) is 9.52. The molecule has 2 atom stereocenters. The Balaban J connectivity index is 1.87. The smallest absolute Gasteiger partial charge is 0.0950 e. The van der Waals surface area contributed by atoms with E-state index in [1.165, 1.54) is 24.0 Å². The molecule has 1 aromatic heterocycles. The highest BCUT2D eigenvalue weighted by Crippen LogP contribution is 2.33. The number of hydrogen-bond donors (Lipinski definition) is 2. The fourth-order valence-corrected chi connectivity index (χ4v) is 3.96. The monoisotopic (exact) mass is 346 g/mol. The summed E-state index contributed by atoms with van der Waals surface area (Å²) in [4.78, 5) is 4.90. The SMILES string of the molecule is Cc1ccc(C)c(-c2cc(C(O)C3CCCCN3)c3ccccc3n2)c1. The van der Waals surface area contributed by atoms with Crippen molar-refractivity contribution in [3.8, 4) is 11.3 Å². The van der Waals surface area contributed by atoms with Gasteiger partial charge in [0, 0.05) is 17.0 Å². The molecule has 3 nitrogen and oxygen atoms in total. The van der Waals surface area contributed by atoms with Crippen LogP contribution in [0.15, 0.2) is 48.5 Å². The molecule has 2 heterocycles. The second-order valence-electron chi connectivity index (χ2n) is 7.43. The van der Waals surface area contributed by atoms with E-state index in [1.54, 1.807) is 0 Å². The minimum absolute atomic E-state index is 0.112. The zero-order valence-electron chi connectivity index (χ0n) is 15.5. The Morgan fingerprint density at radius 2 is 1.92 bits per heavy atom. The van der Waals surface area contributed by atoms with Gasteiger partial charge in [-0.3, -0.25) is 0 Å². The van der Waals surface area contributed by atoms with Gasteiger partial charge in [-0.05, 0) is 62.6 Å². The van der Waals surface area contributed by atoms with E-state index >= 15 is 0 Å². The molecule has 0 radical (unpaired) electrons. The number of piperidine rings is 1. The molecular formula is C23H26N2O. The molecule has 2 aromatic carbocycles. The van der Waals surface area contributed by atoms with E-state index in [-0.39, 0.29) is 6.04 Å². The van der Waals surface area contributed by atoms with Crippen molar-refractivity contribution in [3.05, 3.63) is 65.2 Å². The van der Waals surface area contributed by atoms with Gasteiger partial charge in [0.15, 0.2) is 0 Å². The molecule has 0 amide bonds. The molecule has 1 saturated heterocycles. The maximum atomic E-state index is 11.1. The quantitative estimate of drug-likeness (QED) is 0.723. The third-order valence-electron chi connectivity index (χ3n) is 5.47. The summed E-state index contributed by atoms with van der Waals surface area (Å²) in [5.41, 5.74) is 6.42. The van der Waals surface area contributed by atoms with E-state index in [1.807, 2.05) is 18.2 Å². The summed E-state index contributed by atoms with van der Waals surface area (Å²) in [6.07, 6.45) is 2.85. The molecule has 2 unspecified atom stereocenters. The van der Waals surface area contributed by atoms with Crippen molar-refractivity contribution >= 4 is 10.9 Å². The molecule has 2 N–H and O–H groups in total. The molecule has 4 rings (SSSR count). The van der Waals surface area contributed by atoms with Crippen molar-refractivity contribution in [1.29, 1.82) is 0 Å². The molecule has 3 heteroatoms. The van der Waals surface area contributed by atoms with Crippen molar-refractivity contribution in [2.24, 2.45) is 0 Å². The molecule has 3 aromatic rings. The van der Waals surface area contributed by atoms with Crippen LogP contribution >= 0.6 is 0 Å². The van der Waals surface area contributed by atoms with E-state index in [0.29, 0.717) is 0 Å². The number of benzene rings is 2. The lowest BCUT2D eigenvalue weighted by molar-refractivity contribution is 0.115. The van der Waals surface area contributed by atoms with Gasteiger partial charge in [-0.15, -0.1) is 0 Å². The number of fused-ring (bicyclic) bond motifs is 1. The molecule has 1 aliphatic heterocycles. The second-order valence-corrected chi connectivity index (χ2v) is 7.43. The van der Waals surface area contributed by atoms with Crippen LogP contribution in [0.4, 0.5) is 0 Å². The summed E-state index contributed by atoms with van der Waals surface area (Å²) < 4.78 is 0. The van der Waals surface area contributed by atoms with Crippen LogP contribution in [0, 0.1) is 13.8 Å². The second kappa shape index (κ2) is 7.18. The molecule has 1 aliphatic rings. The Bertz CT molecular complexity index is 929. The van der Waals surface area contributed by atoms with E-state index < -0.39 is 6.10 Å². The number of para-hydroxylation sites is 1. The Hall–Kier alpha value is -2.23. The zero-order valence-corrected chi connectivity index (χ0v) is 15.5. The Labute approximate surface area is 155 Å². The highest BCUT2D eigenvalue weighted by Gasteiger charge is 2.25. The van der Waals surface area contributed by atoms with Gasteiger partial charge in [0.2, 0.25) is 0 Å². The number of aliphatic hydroxyl groups is 1. The van der Waals surface area contributed by atoms with Gasteiger partial charge in [0.05, 0.1) is 17.3 Å². The molecule has 0 bridgehead atoms. The summed E-state index contributed by atoms with van der Waals surface area (Å²) in [7, 11) is 0. The zero-order chi connectivity index (χ0) is 18.1. The predicted molar refractivity (Wildman–Crippen MR) is 107 cm³/mol. The predicted octanol–water partition coefficient (Wildman–Crippen LogP) is 4.69. The third-order valence-corrected chi connectivity index (χ3v) is 5.47. The first kappa shape index (κ1) is 17.2. The van der Waals surface area contributed by atoms with Crippen LogP contribution < -0.4 is 5.32 Å². The van der Waals surface area contributed by atoms with Crippen LogP contribution in [0.5, 0.6) is 0 Å². The van der Waals surface area contributed by atoms with Gasteiger partial charge in [-0.2, -0.15) is 0 Å². The largest absolute Gasteiger partial charge is 0.387 e. The summed E-state index contributed by atoms with van der Waals surface area (Å²) >= 11 is 0. The number of aryl methyl sites for hydroxylation is 2. The number of aromatic nitrogens is 1. The molecule has 26 heavy (non-hydrogen) atoms. The summed E-state index contributed by atoms with van der Waals surface area (Å²) in [6.45, 7) is 5.20. The highest BCUT2D eigenvalue weighted by molar-refractivity contribution is 5.86. The molecule has 0 aliphatic carbocycles. The van der Waals surface area contributed by atoms with Gasteiger partial charge in [0.25, 0.3) is 0 Å². The molecule has 1 fully saturated rings. The van der Waals surface area contributed by atoms with Crippen molar-refractivity contribution < 1.29 is 5.11 Å². The number of aliphatic hydroxyl groups excluding tert-OH is 1. The lowest BCUT2D eigenvalue weighted by atomic mass is 9.91. The lowest BCUT2D eigenvalue weighted by Gasteiger charge is -2.29. The Morgan fingerprint density at radius 3 is 2.73 bits per heavy atom. The van der Waals surface area contributed by atoms with Crippen LogP contribution in [0.2, 0.25) is 0 Å². The highest BCUT2D eigenvalue weighted by atomic mass is 16.3. The average molecular weight is 346 g/mol. The van der Waals surface area contributed by atoms with Crippen molar-refractivity contribution in [2.45, 2.75) is 45.3 Å². The van der Waals surface area contributed by atoms with E-state index in [9.17, 15) is 5.11 Å². The Kier molecular flexibility index (Phi) is 4.75.